The molecule has 0 aliphatic heterocycles. The zero-order valence-corrected chi connectivity index (χ0v) is 14.7. The van der Waals surface area contributed by atoms with E-state index in [0.29, 0.717) is 21.1 Å². The maximum atomic E-state index is 12.6. The quantitative estimate of drug-likeness (QED) is 0.832. The molecule has 0 radical (unpaired) electrons. The Morgan fingerprint density at radius 1 is 1.21 bits per heavy atom. The SMILES string of the molecule is CCC(C)(C)NC(=O)c1sc(-c2ccc(C(F)(F)F)cc2)nc1C. The topological polar surface area (TPSA) is 42.0 Å². The molecule has 1 aromatic carbocycles. The van der Waals surface area contributed by atoms with Gasteiger partial charge in [-0.25, -0.2) is 4.98 Å². The first kappa shape index (κ1) is 18.4. The molecular formula is C17H19F3N2OS. The minimum Gasteiger partial charge on any atom is -0.346 e. The number of nitrogens with zero attached hydrogens (tertiary/aromatic N) is 1. The molecular weight excluding hydrogens is 337 g/mol. The molecule has 0 aliphatic carbocycles. The number of alkyl halides is 3. The molecule has 7 heteroatoms. The minimum atomic E-state index is -4.37. The van der Waals surface area contributed by atoms with Crippen molar-refractivity contribution in [2.24, 2.45) is 0 Å². The molecule has 1 heterocycles. The lowest BCUT2D eigenvalue weighted by atomic mass is 10.0. The molecule has 1 amide bonds. The second kappa shape index (κ2) is 6.55. The summed E-state index contributed by atoms with van der Waals surface area (Å²) in [5, 5.41) is 3.47. The van der Waals surface area contributed by atoms with Gasteiger partial charge in [0.1, 0.15) is 9.88 Å². The number of carbonyl (C=O) groups excluding carboxylic acids is 1. The van der Waals surface area contributed by atoms with Crippen LogP contribution >= 0.6 is 11.3 Å². The highest BCUT2D eigenvalue weighted by atomic mass is 32.1. The summed E-state index contributed by atoms with van der Waals surface area (Å²) in [6, 6.07) is 4.79. The smallest absolute Gasteiger partial charge is 0.346 e. The fourth-order valence-corrected chi connectivity index (χ4v) is 2.95. The Kier molecular flexibility index (Phi) is 5.03. The van der Waals surface area contributed by atoms with Crippen LogP contribution in [0.2, 0.25) is 0 Å². The molecule has 1 N–H and O–H groups in total. The van der Waals surface area contributed by atoms with E-state index in [-0.39, 0.29) is 11.4 Å². The second-order valence-corrected chi connectivity index (χ2v) is 7.20. The molecule has 24 heavy (non-hydrogen) atoms. The van der Waals surface area contributed by atoms with Crippen molar-refractivity contribution in [3.8, 4) is 10.6 Å². The van der Waals surface area contributed by atoms with Crippen molar-refractivity contribution in [3.05, 3.63) is 40.4 Å². The van der Waals surface area contributed by atoms with Gasteiger partial charge in [-0.15, -0.1) is 11.3 Å². The molecule has 3 nitrogen and oxygen atoms in total. The first-order chi connectivity index (χ1) is 11.0. The molecule has 0 saturated carbocycles. The van der Waals surface area contributed by atoms with Crippen molar-refractivity contribution in [3.63, 3.8) is 0 Å². The van der Waals surface area contributed by atoms with Crippen LogP contribution in [0, 0.1) is 6.92 Å². The van der Waals surface area contributed by atoms with Crippen LogP contribution in [0.4, 0.5) is 13.2 Å². The van der Waals surface area contributed by atoms with E-state index in [1.54, 1.807) is 6.92 Å². The van der Waals surface area contributed by atoms with E-state index in [0.717, 1.165) is 18.6 Å². The molecule has 2 aromatic rings. The fraction of sp³-hybridized carbons (Fsp3) is 0.412. The van der Waals surface area contributed by atoms with Crippen LogP contribution in [0.15, 0.2) is 24.3 Å². The number of aromatic nitrogens is 1. The van der Waals surface area contributed by atoms with Crippen molar-refractivity contribution in [1.82, 2.24) is 10.3 Å². The summed E-state index contributed by atoms with van der Waals surface area (Å²) in [5.41, 5.74) is 0.0913. The van der Waals surface area contributed by atoms with E-state index in [2.05, 4.69) is 10.3 Å². The van der Waals surface area contributed by atoms with Crippen LogP contribution in [0.25, 0.3) is 10.6 Å². The third-order valence-electron chi connectivity index (χ3n) is 3.80. The zero-order chi connectivity index (χ0) is 18.1. The zero-order valence-electron chi connectivity index (χ0n) is 13.9. The Hall–Kier alpha value is -1.89. The predicted octanol–water partition coefficient (Wildman–Crippen LogP) is 5.06. The average molecular weight is 356 g/mol. The highest BCUT2D eigenvalue weighted by Crippen LogP contribution is 2.33. The van der Waals surface area contributed by atoms with Crippen LogP contribution in [-0.2, 0) is 6.18 Å². The summed E-state index contributed by atoms with van der Waals surface area (Å²) < 4.78 is 37.9. The van der Waals surface area contributed by atoms with Gasteiger partial charge < -0.3 is 5.32 Å². The van der Waals surface area contributed by atoms with Crippen molar-refractivity contribution in [2.45, 2.75) is 45.8 Å². The minimum absolute atomic E-state index is 0.213. The van der Waals surface area contributed by atoms with Crippen molar-refractivity contribution in [2.75, 3.05) is 0 Å². The van der Waals surface area contributed by atoms with Crippen LogP contribution in [0.3, 0.4) is 0 Å². The fourth-order valence-electron chi connectivity index (χ4n) is 1.98. The van der Waals surface area contributed by atoms with Gasteiger partial charge >= 0.3 is 6.18 Å². The molecule has 2 rings (SSSR count). The van der Waals surface area contributed by atoms with Crippen LogP contribution in [0.1, 0.15) is 48.1 Å². The molecule has 1 aromatic heterocycles. The number of nitrogens with one attached hydrogen (secondary N) is 1. The van der Waals surface area contributed by atoms with Gasteiger partial charge in [-0.05, 0) is 39.3 Å². The van der Waals surface area contributed by atoms with E-state index in [9.17, 15) is 18.0 Å². The monoisotopic (exact) mass is 356 g/mol. The Morgan fingerprint density at radius 3 is 2.29 bits per heavy atom. The van der Waals surface area contributed by atoms with Gasteiger partial charge in [0.2, 0.25) is 0 Å². The number of hydrogen-bond donors (Lipinski definition) is 1. The number of halogens is 3. The summed E-state index contributed by atoms with van der Waals surface area (Å²) in [6.07, 6.45) is -3.59. The van der Waals surface area contributed by atoms with Crippen molar-refractivity contribution < 1.29 is 18.0 Å². The third kappa shape index (κ3) is 4.14. The Labute approximate surface area is 142 Å². The first-order valence-corrected chi connectivity index (χ1v) is 8.33. The first-order valence-electron chi connectivity index (χ1n) is 7.51. The van der Waals surface area contributed by atoms with E-state index in [1.165, 1.54) is 23.5 Å². The number of amides is 1. The molecule has 0 bridgehead atoms. The molecule has 0 atom stereocenters. The Balaban J connectivity index is 2.27. The highest BCUT2D eigenvalue weighted by molar-refractivity contribution is 7.17. The molecule has 0 saturated heterocycles. The standard InChI is InChI=1S/C17H19F3N2OS/c1-5-16(3,4)22-14(23)13-10(2)21-15(24-13)11-6-8-12(9-7-11)17(18,19)20/h6-9H,5H2,1-4H3,(H,22,23). The van der Waals surface area contributed by atoms with E-state index in [4.69, 9.17) is 0 Å². The summed E-state index contributed by atoms with van der Waals surface area (Å²) in [4.78, 5) is 17.2. The lowest BCUT2D eigenvalue weighted by molar-refractivity contribution is -0.137. The average Bonchev–Trinajstić information content (AvgIpc) is 2.88. The van der Waals surface area contributed by atoms with Crippen LogP contribution in [-0.4, -0.2) is 16.4 Å². The number of aryl methyl sites for hydroxylation is 1. The van der Waals surface area contributed by atoms with Gasteiger partial charge in [0.25, 0.3) is 5.91 Å². The largest absolute Gasteiger partial charge is 0.416 e. The highest BCUT2D eigenvalue weighted by Gasteiger charge is 2.30. The van der Waals surface area contributed by atoms with Gasteiger partial charge in [0, 0.05) is 11.1 Å². The molecule has 0 spiro atoms. The molecule has 130 valence electrons. The van der Waals surface area contributed by atoms with Gasteiger partial charge in [-0.1, -0.05) is 19.1 Å². The van der Waals surface area contributed by atoms with Crippen LogP contribution in [0.5, 0.6) is 0 Å². The van der Waals surface area contributed by atoms with E-state index in [1.807, 2.05) is 20.8 Å². The molecule has 0 fully saturated rings. The van der Waals surface area contributed by atoms with Crippen molar-refractivity contribution in [1.29, 1.82) is 0 Å². The number of thiazole rings is 1. The number of benzene rings is 1. The maximum Gasteiger partial charge on any atom is 0.416 e. The van der Waals surface area contributed by atoms with E-state index >= 15 is 0 Å². The summed E-state index contributed by atoms with van der Waals surface area (Å²) >= 11 is 1.18. The molecule has 0 unspecified atom stereocenters. The van der Waals surface area contributed by atoms with Gasteiger partial charge in [-0.2, -0.15) is 13.2 Å². The lowest BCUT2D eigenvalue weighted by Gasteiger charge is -2.24. The van der Waals surface area contributed by atoms with E-state index < -0.39 is 11.7 Å². The van der Waals surface area contributed by atoms with Gasteiger partial charge in [0.05, 0.1) is 11.3 Å². The molecule has 0 aliphatic rings. The number of rotatable bonds is 4. The third-order valence-corrected chi connectivity index (χ3v) is 5.00. The van der Waals surface area contributed by atoms with Crippen molar-refractivity contribution >= 4 is 17.2 Å². The summed E-state index contributed by atoms with van der Waals surface area (Å²) in [7, 11) is 0. The second-order valence-electron chi connectivity index (χ2n) is 6.20. The normalized spacial score (nSPS) is 12.3. The summed E-state index contributed by atoms with van der Waals surface area (Å²) in [6.45, 7) is 7.56. The van der Waals surface area contributed by atoms with Gasteiger partial charge in [0.15, 0.2) is 0 Å². The van der Waals surface area contributed by atoms with Gasteiger partial charge in [-0.3, -0.25) is 4.79 Å². The Bertz CT molecular complexity index is 733. The van der Waals surface area contributed by atoms with Crippen LogP contribution < -0.4 is 5.32 Å². The Morgan fingerprint density at radius 2 is 1.79 bits per heavy atom. The summed E-state index contributed by atoms with van der Waals surface area (Å²) in [5.74, 6) is -0.213. The number of carbonyl (C=O) groups is 1. The lowest BCUT2D eigenvalue weighted by Crippen LogP contribution is -2.42. The number of hydrogen-bond acceptors (Lipinski definition) is 3. The maximum absolute atomic E-state index is 12.6. The predicted molar refractivity (Wildman–Crippen MR) is 89.1 cm³/mol.